The van der Waals surface area contributed by atoms with Gasteiger partial charge in [-0.3, -0.25) is 4.68 Å². The third-order valence-corrected chi connectivity index (χ3v) is 3.42. The average molecular weight is 274 g/mol. The number of aromatic nitrogens is 3. The summed E-state index contributed by atoms with van der Waals surface area (Å²) < 4.78 is 7.75. The molecule has 0 bridgehead atoms. The van der Waals surface area contributed by atoms with Crippen LogP contribution in [0.5, 0.6) is 0 Å². The van der Waals surface area contributed by atoms with Crippen molar-refractivity contribution in [2.24, 2.45) is 7.05 Å². The summed E-state index contributed by atoms with van der Waals surface area (Å²) in [6.07, 6.45) is 2.36. The van der Waals surface area contributed by atoms with Gasteiger partial charge in [-0.25, -0.2) is 4.98 Å². The summed E-state index contributed by atoms with van der Waals surface area (Å²) in [5.74, 6) is 0.949. The van der Waals surface area contributed by atoms with Gasteiger partial charge in [-0.2, -0.15) is 5.10 Å². The maximum absolute atomic E-state index is 5.95. The molecule has 0 saturated carbocycles. The highest BCUT2D eigenvalue weighted by Crippen LogP contribution is 2.23. The Balaban J connectivity index is 2.19. The molecule has 1 heterocycles. The molecule has 0 aliphatic carbocycles. The van der Waals surface area contributed by atoms with Gasteiger partial charge in [0.05, 0.1) is 6.10 Å². The summed E-state index contributed by atoms with van der Waals surface area (Å²) in [4.78, 5) is 4.30. The van der Waals surface area contributed by atoms with E-state index in [2.05, 4.69) is 27.5 Å². The van der Waals surface area contributed by atoms with Crippen LogP contribution < -0.4 is 5.32 Å². The largest absolute Gasteiger partial charge is 0.372 e. The first-order chi connectivity index (χ1) is 9.76. The molecular formula is C15H22N4O. The van der Waals surface area contributed by atoms with Crippen LogP contribution in [-0.4, -0.2) is 34.5 Å². The van der Waals surface area contributed by atoms with Crippen molar-refractivity contribution in [1.29, 1.82) is 0 Å². The zero-order valence-electron chi connectivity index (χ0n) is 12.3. The van der Waals surface area contributed by atoms with E-state index in [1.165, 1.54) is 5.56 Å². The minimum absolute atomic E-state index is 0.00269. The van der Waals surface area contributed by atoms with Gasteiger partial charge in [0.15, 0.2) is 0 Å². The Labute approximate surface area is 120 Å². The quantitative estimate of drug-likeness (QED) is 0.835. The molecule has 5 heteroatoms. The van der Waals surface area contributed by atoms with Crippen LogP contribution >= 0.6 is 0 Å². The van der Waals surface area contributed by atoms with Crippen molar-refractivity contribution in [3.63, 3.8) is 0 Å². The molecule has 0 saturated heterocycles. The molecule has 2 unspecified atom stereocenters. The lowest BCUT2D eigenvalue weighted by Gasteiger charge is -2.27. The summed E-state index contributed by atoms with van der Waals surface area (Å²) in [5, 5.41) is 7.46. The SMILES string of the molecule is CCOC(c1ccccc1)C(Cc1ncnn1C)NC. The van der Waals surface area contributed by atoms with E-state index in [9.17, 15) is 0 Å². The average Bonchev–Trinajstić information content (AvgIpc) is 2.89. The van der Waals surface area contributed by atoms with E-state index >= 15 is 0 Å². The maximum atomic E-state index is 5.95. The lowest BCUT2D eigenvalue weighted by molar-refractivity contribution is 0.0345. The Bertz CT molecular complexity index is 512. The van der Waals surface area contributed by atoms with E-state index < -0.39 is 0 Å². The van der Waals surface area contributed by atoms with Gasteiger partial charge in [-0.1, -0.05) is 30.3 Å². The maximum Gasteiger partial charge on any atom is 0.138 e. The topological polar surface area (TPSA) is 52.0 Å². The number of rotatable bonds is 7. The molecule has 0 spiro atoms. The van der Waals surface area contributed by atoms with Crippen molar-refractivity contribution < 1.29 is 4.74 Å². The second-order valence-electron chi connectivity index (χ2n) is 4.69. The fourth-order valence-corrected chi connectivity index (χ4v) is 2.33. The fraction of sp³-hybridized carbons (Fsp3) is 0.467. The predicted molar refractivity (Wildman–Crippen MR) is 78.4 cm³/mol. The summed E-state index contributed by atoms with van der Waals surface area (Å²) in [7, 11) is 3.86. The zero-order chi connectivity index (χ0) is 14.4. The molecule has 5 nitrogen and oxygen atoms in total. The number of aryl methyl sites for hydroxylation is 1. The van der Waals surface area contributed by atoms with Crippen LogP contribution in [0, 0.1) is 0 Å². The summed E-state index contributed by atoms with van der Waals surface area (Å²) in [6, 6.07) is 10.4. The van der Waals surface area contributed by atoms with Crippen LogP contribution in [0.4, 0.5) is 0 Å². The molecule has 2 atom stereocenters. The molecule has 0 aliphatic rings. The van der Waals surface area contributed by atoms with Gasteiger partial charge in [0.1, 0.15) is 12.2 Å². The van der Waals surface area contributed by atoms with Gasteiger partial charge in [0.25, 0.3) is 0 Å². The number of hydrogen-bond donors (Lipinski definition) is 1. The Kier molecular flexibility index (Phi) is 5.26. The Morgan fingerprint density at radius 2 is 2.05 bits per heavy atom. The van der Waals surface area contributed by atoms with Gasteiger partial charge < -0.3 is 10.1 Å². The second kappa shape index (κ2) is 7.17. The van der Waals surface area contributed by atoms with Crippen LogP contribution in [0.25, 0.3) is 0 Å². The minimum atomic E-state index is 0.00269. The van der Waals surface area contributed by atoms with Crippen LogP contribution in [0.15, 0.2) is 36.7 Å². The Hall–Kier alpha value is -1.72. The van der Waals surface area contributed by atoms with Crippen molar-refractivity contribution in [3.8, 4) is 0 Å². The molecule has 1 N–H and O–H groups in total. The molecule has 2 rings (SSSR count). The van der Waals surface area contributed by atoms with Crippen molar-refractivity contribution >= 4 is 0 Å². The van der Waals surface area contributed by atoms with Crippen molar-refractivity contribution in [2.45, 2.75) is 25.5 Å². The molecular weight excluding hydrogens is 252 g/mol. The molecule has 2 aromatic rings. The molecule has 0 amide bonds. The lowest BCUT2D eigenvalue weighted by atomic mass is 9.99. The fourth-order valence-electron chi connectivity index (χ4n) is 2.33. The lowest BCUT2D eigenvalue weighted by Crippen LogP contribution is -2.36. The number of ether oxygens (including phenoxy) is 1. The molecule has 20 heavy (non-hydrogen) atoms. The van der Waals surface area contributed by atoms with Crippen LogP contribution in [0.3, 0.4) is 0 Å². The monoisotopic (exact) mass is 274 g/mol. The van der Waals surface area contributed by atoms with Crippen molar-refractivity contribution in [1.82, 2.24) is 20.1 Å². The third kappa shape index (κ3) is 3.43. The smallest absolute Gasteiger partial charge is 0.138 e. The van der Waals surface area contributed by atoms with E-state index in [0.29, 0.717) is 6.61 Å². The van der Waals surface area contributed by atoms with Gasteiger partial charge in [0.2, 0.25) is 0 Å². The molecule has 1 aromatic heterocycles. The second-order valence-corrected chi connectivity index (χ2v) is 4.69. The van der Waals surface area contributed by atoms with E-state index in [1.54, 1.807) is 11.0 Å². The zero-order valence-corrected chi connectivity index (χ0v) is 12.3. The number of hydrogen-bond acceptors (Lipinski definition) is 4. The van der Waals surface area contributed by atoms with Crippen molar-refractivity contribution in [2.75, 3.05) is 13.7 Å². The van der Waals surface area contributed by atoms with E-state index in [-0.39, 0.29) is 12.1 Å². The van der Waals surface area contributed by atoms with E-state index in [1.807, 2.05) is 39.2 Å². The minimum Gasteiger partial charge on any atom is -0.372 e. The standard InChI is InChI=1S/C15H22N4O/c1-4-20-15(12-8-6-5-7-9-12)13(16-2)10-14-17-11-18-19(14)3/h5-9,11,13,15-16H,4,10H2,1-3H3. The predicted octanol–water partition coefficient (Wildman–Crippen LogP) is 1.72. The highest BCUT2D eigenvalue weighted by Gasteiger charge is 2.24. The first-order valence-electron chi connectivity index (χ1n) is 6.93. The Morgan fingerprint density at radius 1 is 1.30 bits per heavy atom. The summed E-state index contributed by atoms with van der Waals surface area (Å²) in [6.45, 7) is 2.70. The summed E-state index contributed by atoms with van der Waals surface area (Å²) >= 11 is 0. The normalized spacial score (nSPS) is 14.2. The van der Waals surface area contributed by atoms with E-state index in [4.69, 9.17) is 4.74 Å². The number of likely N-dealkylation sites (N-methyl/N-ethyl adjacent to an activating group) is 1. The molecule has 0 aliphatic heterocycles. The summed E-state index contributed by atoms with van der Waals surface area (Å²) in [5.41, 5.74) is 1.18. The number of nitrogens with zero attached hydrogens (tertiary/aromatic N) is 3. The first-order valence-corrected chi connectivity index (χ1v) is 6.93. The molecule has 1 aromatic carbocycles. The highest BCUT2D eigenvalue weighted by atomic mass is 16.5. The van der Waals surface area contributed by atoms with Crippen molar-refractivity contribution in [3.05, 3.63) is 48.0 Å². The van der Waals surface area contributed by atoms with Gasteiger partial charge in [-0.15, -0.1) is 0 Å². The van der Waals surface area contributed by atoms with Gasteiger partial charge >= 0.3 is 0 Å². The van der Waals surface area contributed by atoms with E-state index in [0.717, 1.165) is 12.2 Å². The Morgan fingerprint density at radius 3 is 2.60 bits per heavy atom. The van der Waals surface area contributed by atoms with Gasteiger partial charge in [0, 0.05) is 26.1 Å². The van der Waals surface area contributed by atoms with Crippen LogP contribution in [-0.2, 0) is 18.2 Å². The third-order valence-electron chi connectivity index (χ3n) is 3.42. The van der Waals surface area contributed by atoms with Crippen LogP contribution in [0.1, 0.15) is 24.4 Å². The molecule has 108 valence electrons. The number of nitrogens with one attached hydrogen (secondary N) is 1. The number of benzene rings is 1. The molecule has 0 radical (unpaired) electrons. The molecule has 0 fully saturated rings. The van der Waals surface area contributed by atoms with Gasteiger partial charge in [-0.05, 0) is 19.5 Å². The first kappa shape index (κ1) is 14.7. The highest BCUT2D eigenvalue weighted by molar-refractivity contribution is 5.19. The van der Waals surface area contributed by atoms with Crippen LogP contribution in [0.2, 0.25) is 0 Å².